The van der Waals surface area contributed by atoms with Crippen molar-refractivity contribution in [3.8, 4) is 0 Å². The highest BCUT2D eigenvalue weighted by atomic mass is 16.6. The zero-order valence-corrected chi connectivity index (χ0v) is 12.9. The molecule has 1 aliphatic rings. The van der Waals surface area contributed by atoms with E-state index < -0.39 is 0 Å². The van der Waals surface area contributed by atoms with Crippen molar-refractivity contribution in [1.29, 1.82) is 0 Å². The van der Waals surface area contributed by atoms with E-state index in [9.17, 15) is 10.1 Å². The van der Waals surface area contributed by atoms with Crippen LogP contribution < -0.4 is 10.6 Å². The van der Waals surface area contributed by atoms with E-state index in [1.54, 1.807) is 6.07 Å². The van der Waals surface area contributed by atoms with E-state index in [1.165, 1.54) is 0 Å². The third kappa shape index (κ3) is 3.73. The molecule has 0 aliphatic heterocycles. The number of benzene rings is 1. The molecule has 0 unspecified atom stereocenters. The van der Waals surface area contributed by atoms with Crippen molar-refractivity contribution < 1.29 is 4.92 Å². The normalized spacial score (nSPS) is 22.0. The van der Waals surface area contributed by atoms with Crippen LogP contribution in [-0.4, -0.2) is 23.6 Å². The number of hydrogen-bond acceptors (Lipinski definition) is 4. The van der Waals surface area contributed by atoms with Crippen molar-refractivity contribution >= 4 is 11.4 Å². The van der Waals surface area contributed by atoms with Crippen LogP contribution >= 0.6 is 0 Å². The first kappa shape index (κ1) is 15.8. The van der Waals surface area contributed by atoms with E-state index in [-0.39, 0.29) is 10.6 Å². The van der Waals surface area contributed by atoms with Crippen molar-refractivity contribution in [1.82, 2.24) is 0 Å². The molecule has 1 aliphatic carbocycles. The van der Waals surface area contributed by atoms with Crippen molar-refractivity contribution in [3.63, 3.8) is 0 Å². The monoisotopic (exact) mass is 291 g/mol. The minimum atomic E-state index is -0.317. The Morgan fingerprint density at radius 2 is 2.00 bits per heavy atom. The lowest BCUT2D eigenvalue weighted by Gasteiger charge is -2.37. The second kappa shape index (κ2) is 6.89. The maximum absolute atomic E-state index is 10.9. The summed E-state index contributed by atoms with van der Waals surface area (Å²) in [5, 5.41) is 10.9. The van der Waals surface area contributed by atoms with Gasteiger partial charge in [-0.05, 0) is 51.2 Å². The molecule has 1 aromatic carbocycles. The standard InChI is InChI=1S/C16H25N3O2/c1-3-10-18(14-6-4-13(17)5-7-14)15-8-9-16(19(20)21)12(2)11-15/h8-9,11,13-14H,3-7,10,17H2,1-2H3. The molecule has 0 spiro atoms. The molecule has 0 heterocycles. The number of nitrogens with two attached hydrogens (primary N) is 1. The summed E-state index contributed by atoms with van der Waals surface area (Å²) in [5.41, 5.74) is 8.01. The predicted octanol–water partition coefficient (Wildman–Crippen LogP) is 3.39. The van der Waals surface area contributed by atoms with E-state index in [1.807, 2.05) is 19.1 Å². The lowest BCUT2D eigenvalue weighted by molar-refractivity contribution is -0.385. The Labute approximate surface area is 126 Å². The van der Waals surface area contributed by atoms with Crippen LogP contribution in [0.15, 0.2) is 18.2 Å². The Bertz CT molecular complexity index is 496. The summed E-state index contributed by atoms with van der Waals surface area (Å²) < 4.78 is 0. The van der Waals surface area contributed by atoms with E-state index in [0.29, 0.717) is 12.1 Å². The first-order valence-corrected chi connectivity index (χ1v) is 7.80. The van der Waals surface area contributed by atoms with Crippen molar-refractivity contribution in [2.24, 2.45) is 5.73 Å². The van der Waals surface area contributed by atoms with E-state index in [2.05, 4.69) is 11.8 Å². The van der Waals surface area contributed by atoms with Crippen LogP contribution in [0.3, 0.4) is 0 Å². The number of nitro groups is 1. The van der Waals surface area contributed by atoms with Gasteiger partial charge in [-0.1, -0.05) is 6.92 Å². The smallest absolute Gasteiger partial charge is 0.272 e. The van der Waals surface area contributed by atoms with Gasteiger partial charge in [0.1, 0.15) is 0 Å². The van der Waals surface area contributed by atoms with E-state index in [0.717, 1.165) is 49.9 Å². The van der Waals surface area contributed by atoms with Crippen LogP contribution in [0.2, 0.25) is 0 Å². The molecule has 0 aromatic heterocycles. The zero-order valence-electron chi connectivity index (χ0n) is 12.9. The molecule has 5 nitrogen and oxygen atoms in total. The van der Waals surface area contributed by atoms with E-state index in [4.69, 9.17) is 5.73 Å². The topological polar surface area (TPSA) is 72.4 Å². The number of aryl methyl sites for hydroxylation is 1. The van der Waals surface area contributed by atoms with Gasteiger partial charge < -0.3 is 10.6 Å². The van der Waals surface area contributed by atoms with Gasteiger partial charge in [0, 0.05) is 35.9 Å². The fraction of sp³-hybridized carbons (Fsp3) is 0.625. The lowest BCUT2D eigenvalue weighted by Crippen LogP contribution is -2.41. The molecule has 1 aromatic rings. The van der Waals surface area contributed by atoms with Gasteiger partial charge in [0.15, 0.2) is 0 Å². The number of anilines is 1. The van der Waals surface area contributed by atoms with Gasteiger partial charge in [-0.3, -0.25) is 10.1 Å². The molecule has 0 bridgehead atoms. The molecular formula is C16H25N3O2. The maximum Gasteiger partial charge on any atom is 0.272 e. The average Bonchev–Trinajstić information content (AvgIpc) is 2.45. The Morgan fingerprint density at radius 3 is 2.52 bits per heavy atom. The third-order valence-electron chi connectivity index (χ3n) is 4.36. The molecule has 2 rings (SSSR count). The molecular weight excluding hydrogens is 266 g/mol. The van der Waals surface area contributed by atoms with Gasteiger partial charge in [0.25, 0.3) is 5.69 Å². The summed E-state index contributed by atoms with van der Waals surface area (Å²) in [6.45, 7) is 4.96. The number of nitro benzene ring substituents is 1. The van der Waals surface area contributed by atoms with Crippen molar-refractivity contribution in [2.75, 3.05) is 11.4 Å². The minimum absolute atomic E-state index is 0.195. The molecule has 0 atom stereocenters. The van der Waals surface area contributed by atoms with Gasteiger partial charge in [-0.15, -0.1) is 0 Å². The summed E-state index contributed by atoms with van der Waals surface area (Å²) in [6.07, 6.45) is 5.42. The van der Waals surface area contributed by atoms with Crippen molar-refractivity contribution in [3.05, 3.63) is 33.9 Å². The number of nitrogens with zero attached hydrogens (tertiary/aromatic N) is 2. The van der Waals surface area contributed by atoms with Crippen LogP contribution in [0.5, 0.6) is 0 Å². The van der Waals surface area contributed by atoms with Gasteiger partial charge in [0.2, 0.25) is 0 Å². The van der Waals surface area contributed by atoms with Gasteiger partial charge in [-0.2, -0.15) is 0 Å². The number of hydrogen-bond donors (Lipinski definition) is 1. The minimum Gasteiger partial charge on any atom is -0.369 e. The fourth-order valence-electron chi connectivity index (χ4n) is 3.20. The van der Waals surface area contributed by atoms with Crippen molar-refractivity contribution in [2.45, 2.75) is 58.0 Å². The highest BCUT2D eigenvalue weighted by Gasteiger charge is 2.25. The zero-order chi connectivity index (χ0) is 15.4. The average molecular weight is 291 g/mol. The molecule has 21 heavy (non-hydrogen) atoms. The second-order valence-electron chi connectivity index (χ2n) is 5.99. The quantitative estimate of drug-likeness (QED) is 0.666. The molecule has 2 N–H and O–H groups in total. The van der Waals surface area contributed by atoms with Crippen LogP contribution in [-0.2, 0) is 0 Å². The van der Waals surface area contributed by atoms with Crippen LogP contribution in [0, 0.1) is 17.0 Å². The first-order valence-electron chi connectivity index (χ1n) is 7.80. The van der Waals surface area contributed by atoms with Crippen LogP contribution in [0.1, 0.15) is 44.6 Å². The Balaban J connectivity index is 2.21. The number of rotatable bonds is 5. The molecule has 5 heteroatoms. The highest BCUT2D eigenvalue weighted by molar-refractivity contribution is 5.56. The van der Waals surface area contributed by atoms with Crippen LogP contribution in [0.4, 0.5) is 11.4 Å². The summed E-state index contributed by atoms with van der Waals surface area (Å²) in [5.74, 6) is 0. The Morgan fingerprint density at radius 1 is 1.33 bits per heavy atom. The predicted molar refractivity (Wildman–Crippen MR) is 85.7 cm³/mol. The van der Waals surface area contributed by atoms with Gasteiger partial charge in [0.05, 0.1) is 4.92 Å². The highest BCUT2D eigenvalue weighted by Crippen LogP contribution is 2.30. The SMILES string of the molecule is CCCN(c1ccc([N+](=O)[O-])c(C)c1)C1CCC(N)CC1. The molecule has 1 saturated carbocycles. The summed E-state index contributed by atoms with van der Waals surface area (Å²) >= 11 is 0. The lowest BCUT2D eigenvalue weighted by atomic mass is 9.90. The van der Waals surface area contributed by atoms with E-state index >= 15 is 0 Å². The summed E-state index contributed by atoms with van der Waals surface area (Å²) in [6, 6.07) is 6.30. The Hall–Kier alpha value is -1.62. The molecule has 0 radical (unpaired) electrons. The van der Waals surface area contributed by atoms with Gasteiger partial charge in [-0.25, -0.2) is 0 Å². The first-order chi connectivity index (χ1) is 10.0. The maximum atomic E-state index is 10.9. The molecule has 0 amide bonds. The summed E-state index contributed by atoms with van der Waals surface area (Å²) in [7, 11) is 0. The molecule has 1 fully saturated rings. The molecule has 116 valence electrons. The van der Waals surface area contributed by atoms with Crippen LogP contribution in [0.25, 0.3) is 0 Å². The fourth-order valence-corrected chi connectivity index (χ4v) is 3.20. The second-order valence-corrected chi connectivity index (χ2v) is 5.99. The largest absolute Gasteiger partial charge is 0.369 e. The third-order valence-corrected chi connectivity index (χ3v) is 4.36. The Kier molecular flexibility index (Phi) is 5.17. The molecule has 0 saturated heterocycles. The van der Waals surface area contributed by atoms with Gasteiger partial charge >= 0.3 is 0 Å². The summed E-state index contributed by atoms with van der Waals surface area (Å²) in [4.78, 5) is 13.0.